The van der Waals surface area contributed by atoms with E-state index >= 15 is 0 Å². The molecule has 0 saturated heterocycles. The number of carbonyl (C=O) groups excluding carboxylic acids is 4. The zero-order valence-electron chi connectivity index (χ0n) is 25.2. The van der Waals surface area contributed by atoms with E-state index in [9.17, 15) is 45.5 Å². The van der Waals surface area contributed by atoms with Crippen molar-refractivity contribution in [3.05, 3.63) is 65.7 Å². The summed E-state index contributed by atoms with van der Waals surface area (Å²) >= 11 is 0.514. The number of anilines is 1. The Labute approximate surface area is 270 Å². The molecule has 2 aromatic carbocycles. The molecule has 0 aliphatic carbocycles. The summed E-state index contributed by atoms with van der Waals surface area (Å²) in [6.45, 7) is 0. The number of fused-ring (bicyclic) bond motifs is 1. The van der Waals surface area contributed by atoms with Crippen molar-refractivity contribution in [2.45, 2.75) is 50.2 Å². The fourth-order valence-corrected chi connectivity index (χ4v) is 5.54. The molecule has 47 heavy (non-hydrogen) atoms. The highest BCUT2D eigenvalue weighted by atomic mass is 32.2. The number of nitrogens with one attached hydrogen (secondary N) is 2. The number of alkyl halides is 6. The van der Waals surface area contributed by atoms with E-state index in [4.69, 9.17) is 5.73 Å². The van der Waals surface area contributed by atoms with E-state index in [0.29, 0.717) is 28.8 Å². The maximum absolute atomic E-state index is 13.7. The summed E-state index contributed by atoms with van der Waals surface area (Å²) in [5.41, 5.74) is 7.33. The molecule has 17 heteroatoms. The van der Waals surface area contributed by atoms with Gasteiger partial charge in [-0.15, -0.1) is 0 Å². The van der Waals surface area contributed by atoms with Crippen molar-refractivity contribution in [3.63, 3.8) is 0 Å². The van der Waals surface area contributed by atoms with Gasteiger partial charge in [-0.1, -0.05) is 48.5 Å². The van der Waals surface area contributed by atoms with Gasteiger partial charge in [0.2, 0.25) is 18.0 Å². The Hall–Kier alpha value is -4.12. The molecule has 10 nitrogen and oxygen atoms in total. The van der Waals surface area contributed by atoms with Crippen molar-refractivity contribution in [3.8, 4) is 0 Å². The van der Waals surface area contributed by atoms with Gasteiger partial charge in [0.15, 0.2) is 0 Å². The number of esters is 1. The van der Waals surface area contributed by atoms with Crippen molar-refractivity contribution < 1.29 is 50.3 Å². The molecule has 1 aliphatic heterocycles. The van der Waals surface area contributed by atoms with Crippen LogP contribution < -0.4 is 20.7 Å². The van der Waals surface area contributed by atoms with Crippen LogP contribution in [0, 0.1) is 11.8 Å². The van der Waals surface area contributed by atoms with Crippen LogP contribution in [0.1, 0.15) is 36.8 Å². The number of halogens is 6. The number of likely N-dealkylation sites (N-methyl/N-ethyl adjacent to an activating group) is 1. The molecule has 3 amide bonds. The minimum absolute atomic E-state index is 0.265. The lowest BCUT2D eigenvalue weighted by atomic mass is 9.83. The van der Waals surface area contributed by atoms with E-state index in [1.807, 2.05) is 0 Å². The molecular weight excluding hydrogens is 656 g/mol. The third-order valence-corrected chi connectivity index (χ3v) is 8.12. The Morgan fingerprint density at radius 2 is 1.49 bits per heavy atom. The van der Waals surface area contributed by atoms with Gasteiger partial charge >= 0.3 is 18.3 Å². The highest BCUT2D eigenvalue weighted by Gasteiger charge is 2.42. The van der Waals surface area contributed by atoms with Gasteiger partial charge in [0.1, 0.15) is 6.04 Å². The van der Waals surface area contributed by atoms with Crippen molar-refractivity contribution in [1.82, 2.24) is 10.0 Å². The van der Waals surface area contributed by atoms with Crippen LogP contribution in [-0.4, -0.2) is 73.9 Å². The molecule has 0 fully saturated rings. The van der Waals surface area contributed by atoms with Crippen molar-refractivity contribution in [2.24, 2.45) is 22.6 Å². The van der Waals surface area contributed by atoms with Gasteiger partial charge in [-0.25, -0.2) is 4.99 Å². The molecule has 0 saturated carbocycles. The lowest BCUT2D eigenvalue weighted by molar-refractivity contribution is -0.152. The summed E-state index contributed by atoms with van der Waals surface area (Å²) in [6, 6.07) is 14.0. The van der Waals surface area contributed by atoms with Crippen LogP contribution in [0.4, 0.5) is 32.0 Å². The van der Waals surface area contributed by atoms with Crippen LogP contribution in [0.3, 0.4) is 0 Å². The first-order valence-electron chi connectivity index (χ1n) is 14.2. The number of amides is 3. The standard InChI is InChI=1S/C30H33F6N5O5S/c1-41-22-11-7-6-10-20(22)23(17-8-4-3-5-9-17)38-24(27(41)44)39-25(42)18(12-14-29(31,32)33)19(13-15-30(34,35)36)26(43)40-47-16-21(37)28(45)46-2/h3-11,18-19,21,24H,12-16,37H2,1-2H3,(H,39,42)(H,40,43)/t18-,19+,21+,24-/m1/s1. The molecule has 2 aromatic rings. The number of para-hydroxylation sites is 1. The van der Waals surface area contributed by atoms with E-state index in [1.54, 1.807) is 54.6 Å². The number of nitrogens with two attached hydrogens (primary N) is 1. The number of hydrogen-bond donors (Lipinski definition) is 3. The first-order chi connectivity index (χ1) is 22.0. The van der Waals surface area contributed by atoms with Crippen LogP contribution in [-0.2, 0) is 23.9 Å². The van der Waals surface area contributed by atoms with Crippen molar-refractivity contribution in [2.75, 3.05) is 24.8 Å². The SMILES string of the molecule is COC(=O)[C@@H](N)CSNC(=O)[C@@H](CCC(F)(F)F)[C@@H](CCC(F)(F)F)C(=O)N[C@H]1N=C(c2ccccc2)c2ccccc2N(C)C1=O. The van der Waals surface area contributed by atoms with Crippen molar-refractivity contribution >= 4 is 47.0 Å². The number of hydrogen-bond acceptors (Lipinski definition) is 8. The van der Waals surface area contributed by atoms with E-state index in [1.165, 1.54) is 11.9 Å². The van der Waals surface area contributed by atoms with Crippen molar-refractivity contribution in [1.29, 1.82) is 0 Å². The molecule has 0 aromatic heterocycles. The third kappa shape index (κ3) is 10.7. The van der Waals surface area contributed by atoms with Gasteiger partial charge in [-0.3, -0.25) is 23.9 Å². The number of benzene rings is 2. The number of carbonyl (C=O) groups is 4. The normalized spacial score (nSPS) is 17.0. The molecule has 0 radical (unpaired) electrons. The highest BCUT2D eigenvalue weighted by molar-refractivity contribution is 7.98. The quantitative estimate of drug-likeness (QED) is 0.163. The Bertz CT molecular complexity index is 1460. The Morgan fingerprint density at radius 3 is 2.06 bits per heavy atom. The summed E-state index contributed by atoms with van der Waals surface area (Å²) in [6.07, 6.45) is -16.7. The molecule has 3 rings (SSSR count). The average Bonchev–Trinajstić information content (AvgIpc) is 3.11. The second-order valence-corrected chi connectivity index (χ2v) is 11.4. The van der Waals surface area contributed by atoms with Crippen LogP contribution in [0.25, 0.3) is 0 Å². The number of benzodiazepines with no additional fused rings is 1. The van der Waals surface area contributed by atoms with Gasteiger partial charge < -0.3 is 20.7 Å². The minimum atomic E-state index is -4.83. The molecule has 1 aliphatic rings. The second-order valence-electron chi connectivity index (χ2n) is 10.6. The molecule has 256 valence electrons. The molecule has 1 heterocycles. The van der Waals surface area contributed by atoms with Gasteiger partial charge in [0, 0.05) is 42.7 Å². The highest BCUT2D eigenvalue weighted by Crippen LogP contribution is 2.34. The molecule has 4 N–H and O–H groups in total. The fourth-order valence-electron chi connectivity index (χ4n) is 4.85. The minimum Gasteiger partial charge on any atom is -0.468 e. The second kappa shape index (κ2) is 16.1. The number of rotatable bonds is 13. The zero-order chi connectivity index (χ0) is 34.9. The first kappa shape index (κ1) is 37.3. The van der Waals surface area contributed by atoms with Crippen LogP contribution in [0.5, 0.6) is 0 Å². The Kier molecular flexibility index (Phi) is 12.8. The summed E-state index contributed by atoms with van der Waals surface area (Å²) < 4.78 is 86.7. The Morgan fingerprint density at radius 1 is 0.936 bits per heavy atom. The Balaban J connectivity index is 1.99. The maximum Gasteiger partial charge on any atom is 0.389 e. The predicted molar refractivity (Wildman–Crippen MR) is 162 cm³/mol. The molecular formula is C30H33F6N5O5S. The largest absolute Gasteiger partial charge is 0.468 e. The lowest BCUT2D eigenvalue weighted by Gasteiger charge is -2.28. The zero-order valence-corrected chi connectivity index (χ0v) is 26.0. The van der Waals surface area contributed by atoms with Gasteiger partial charge in [0.05, 0.1) is 24.4 Å². The van der Waals surface area contributed by atoms with E-state index in [-0.39, 0.29) is 11.5 Å². The molecule has 0 unspecified atom stereocenters. The monoisotopic (exact) mass is 689 g/mol. The summed E-state index contributed by atoms with van der Waals surface area (Å²) in [5.74, 6) is -8.27. The van der Waals surface area contributed by atoms with Gasteiger partial charge in [0.25, 0.3) is 5.91 Å². The number of nitrogens with zero attached hydrogens (tertiary/aromatic N) is 2. The molecule has 4 atom stereocenters. The number of aliphatic imine (C=N–C) groups is 1. The average molecular weight is 690 g/mol. The number of ether oxygens (including phenoxy) is 1. The van der Waals surface area contributed by atoms with Gasteiger partial charge in [-0.2, -0.15) is 26.3 Å². The van der Waals surface area contributed by atoms with Gasteiger partial charge in [-0.05, 0) is 30.9 Å². The van der Waals surface area contributed by atoms with Crippen LogP contribution in [0.2, 0.25) is 0 Å². The smallest absolute Gasteiger partial charge is 0.389 e. The van der Waals surface area contributed by atoms with Crippen LogP contribution >= 0.6 is 11.9 Å². The number of methoxy groups -OCH3 is 1. The lowest BCUT2D eigenvalue weighted by Crippen LogP contribution is -2.50. The topological polar surface area (TPSA) is 143 Å². The van der Waals surface area contributed by atoms with E-state index in [2.05, 4.69) is 19.8 Å². The van der Waals surface area contributed by atoms with E-state index < -0.39 is 85.8 Å². The predicted octanol–water partition coefficient (Wildman–Crippen LogP) is 4.12. The van der Waals surface area contributed by atoms with Crippen LogP contribution in [0.15, 0.2) is 59.6 Å². The molecule has 0 spiro atoms. The molecule has 0 bridgehead atoms. The summed E-state index contributed by atoms with van der Waals surface area (Å²) in [7, 11) is 2.46. The fraction of sp³-hybridized carbons (Fsp3) is 0.433. The summed E-state index contributed by atoms with van der Waals surface area (Å²) in [5, 5.41) is 2.31. The van der Waals surface area contributed by atoms with E-state index in [0.717, 1.165) is 7.11 Å². The maximum atomic E-state index is 13.7. The third-order valence-electron chi connectivity index (χ3n) is 7.25. The first-order valence-corrected chi connectivity index (χ1v) is 15.2. The summed E-state index contributed by atoms with van der Waals surface area (Å²) in [4.78, 5) is 57.7.